The van der Waals surface area contributed by atoms with Gasteiger partial charge in [-0.25, -0.2) is 9.18 Å². The number of hydrogen-bond donors (Lipinski definition) is 1. The van der Waals surface area contributed by atoms with Crippen molar-refractivity contribution in [3.8, 4) is 5.75 Å². The van der Waals surface area contributed by atoms with E-state index in [1.54, 1.807) is 9.80 Å². The third-order valence-electron chi connectivity index (χ3n) is 5.87. The number of ether oxygens (including phenoxy) is 1. The van der Waals surface area contributed by atoms with Gasteiger partial charge in [0.05, 0.1) is 31.8 Å². The predicted molar refractivity (Wildman–Crippen MR) is 90.1 cm³/mol. The van der Waals surface area contributed by atoms with E-state index >= 15 is 0 Å². The fourth-order valence-corrected chi connectivity index (χ4v) is 4.21. The summed E-state index contributed by atoms with van der Waals surface area (Å²) < 4.78 is 56.6. The van der Waals surface area contributed by atoms with E-state index < -0.39 is 17.6 Å². The summed E-state index contributed by atoms with van der Waals surface area (Å²) in [6, 6.07) is 2.38. The first-order valence-corrected chi connectivity index (χ1v) is 9.25. The Morgan fingerprint density at radius 3 is 2.57 bits per heavy atom. The summed E-state index contributed by atoms with van der Waals surface area (Å²) in [6.45, 7) is 2.73. The first-order valence-electron chi connectivity index (χ1n) is 9.25. The normalized spacial score (nSPS) is 24.2. The van der Waals surface area contributed by atoms with Crippen LogP contribution in [0.1, 0.15) is 18.4 Å². The number of urea groups is 1. The summed E-state index contributed by atoms with van der Waals surface area (Å²) in [5.74, 6) is -1.30. The average molecular weight is 403 g/mol. The molecule has 1 N–H and O–H groups in total. The number of benzene rings is 1. The van der Waals surface area contributed by atoms with Gasteiger partial charge in [0.15, 0.2) is 0 Å². The van der Waals surface area contributed by atoms with Gasteiger partial charge < -0.3 is 24.8 Å². The third-order valence-corrected chi connectivity index (χ3v) is 5.87. The first-order chi connectivity index (χ1) is 13.2. The number of nitrogens with zero attached hydrogens (tertiary/aromatic N) is 2. The van der Waals surface area contributed by atoms with Crippen LogP contribution in [0.5, 0.6) is 5.75 Å². The Hall–Kier alpha value is -2.07. The number of carbonyl (C=O) groups excluding carboxylic acids is 1. The maximum absolute atomic E-state index is 13.5. The van der Waals surface area contributed by atoms with Crippen molar-refractivity contribution in [2.45, 2.75) is 24.6 Å². The molecule has 6 nitrogen and oxygen atoms in total. The zero-order chi connectivity index (χ0) is 20.1. The van der Waals surface area contributed by atoms with E-state index in [9.17, 15) is 27.6 Å². The molecule has 3 fully saturated rings. The van der Waals surface area contributed by atoms with Crippen LogP contribution in [-0.2, 0) is 6.18 Å². The maximum Gasteiger partial charge on any atom is 0.419 e. The number of amides is 2. The molecule has 1 aromatic carbocycles. The van der Waals surface area contributed by atoms with E-state index in [1.807, 2.05) is 0 Å². The first kappa shape index (κ1) is 19.3. The van der Waals surface area contributed by atoms with E-state index in [2.05, 4.69) is 0 Å². The molecular weight excluding hydrogens is 382 g/mol. The molecule has 1 aromatic rings. The molecule has 1 spiro atoms. The molecule has 3 saturated heterocycles. The monoisotopic (exact) mass is 403 g/mol. The van der Waals surface area contributed by atoms with Crippen LogP contribution in [0.3, 0.4) is 0 Å². The molecule has 4 rings (SSSR count). The molecule has 2 amide bonds. The van der Waals surface area contributed by atoms with E-state index in [0.717, 1.165) is 25.0 Å². The van der Waals surface area contributed by atoms with Crippen molar-refractivity contribution in [2.75, 3.05) is 39.3 Å². The minimum absolute atomic E-state index is 0.0275. The van der Waals surface area contributed by atoms with Crippen molar-refractivity contribution >= 4 is 6.03 Å². The van der Waals surface area contributed by atoms with Crippen LogP contribution in [0.2, 0.25) is 0 Å². The summed E-state index contributed by atoms with van der Waals surface area (Å²) in [6.07, 6.45) is -2.99. The van der Waals surface area contributed by atoms with Gasteiger partial charge in [-0.1, -0.05) is 0 Å². The van der Waals surface area contributed by atoms with Crippen molar-refractivity contribution in [3.63, 3.8) is 0 Å². The van der Waals surface area contributed by atoms with Crippen LogP contribution in [0, 0.1) is 16.9 Å². The topological polar surface area (TPSA) is 60.3 Å². The third kappa shape index (κ3) is 3.39. The smallest absolute Gasteiger partial charge is 0.419 e. The standard InChI is InChI=1S/C18H21F4N3O3/c19-15-6-13(2-3-14(15)18(20,21)22)28-9-12-7-23(8-12)16(26)24-10-17(11-24)4-1-5-25(17)27/h2-3,6,12,25H,1,4-5,7-11H2. The van der Waals surface area contributed by atoms with Crippen molar-refractivity contribution in [1.82, 2.24) is 9.80 Å². The van der Waals surface area contributed by atoms with Crippen LogP contribution in [0.4, 0.5) is 22.4 Å². The number of quaternary nitrogens is 1. The van der Waals surface area contributed by atoms with Gasteiger partial charge in [-0.15, -0.1) is 0 Å². The van der Waals surface area contributed by atoms with Gasteiger partial charge in [-0.2, -0.15) is 13.2 Å². The van der Waals surface area contributed by atoms with Gasteiger partial charge in [0.25, 0.3) is 0 Å². The Bertz CT molecular complexity index is 761. The van der Waals surface area contributed by atoms with Crippen molar-refractivity contribution < 1.29 is 32.2 Å². The predicted octanol–water partition coefficient (Wildman–Crippen LogP) is 1.51. The molecule has 154 valence electrons. The number of carbonyl (C=O) groups is 1. The summed E-state index contributed by atoms with van der Waals surface area (Å²) in [5.41, 5.74) is -1.64. The number of hydrogen-bond acceptors (Lipinski definition) is 3. The fourth-order valence-electron chi connectivity index (χ4n) is 4.21. The Morgan fingerprint density at radius 1 is 1.29 bits per heavy atom. The Kier molecular flexibility index (Phi) is 4.65. The molecule has 1 atom stereocenters. The van der Waals surface area contributed by atoms with E-state index in [1.165, 1.54) is 0 Å². The summed E-state index contributed by atoms with van der Waals surface area (Å²) in [4.78, 5) is 15.7. The molecule has 28 heavy (non-hydrogen) atoms. The van der Waals surface area contributed by atoms with Crippen LogP contribution >= 0.6 is 0 Å². The van der Waals surface area contributed by atoms with Crippen molar-refractivity contribution in [1.29, 1.82) is 0 Å². The number of likely N-dealkylation sites (tertiary alicyclic amines) is 2. The second-order valence-corrected chi connectivity index (χ2v) is 7.92. The van der Waals surface area contributed by atoms with Gasteiger partial charge in [0, 0.05) is 37.9 Å². The second kappa shape index (κ2) is 6.77. The number of nitrogens with one attached hydrogen (secondary N) is 1. The molecule has 3 aliphatic heterocycles. The maximum atomic E-state index is 13.5. The molecule has 0 bridgehead atoms. The molecule has 10 heteroatoms. The molecule has 0 saturated carbocycles. The highest BCUT2D eigenvalue weighted by molar-refractivity contribution is 5.76. The molecule has 0 aliphatic carbocycles. The highest BCUT2D eigenvalue weighted by atomic mass is 19.4. The lowest BCUT2D eigenvalue weighted by atomic mass is 9.88. The Balaban J connectivity index is 1.21. The zero-order valence-electron chi connectivity index (χ0n) is 15.1. The van der Waals surface area contributed by atoms with E-state index in [4.69, 9.17) is 4.74 Å². The molecule has 1 unspecified atom stereocenters. The van der Waals surface area contributed by atoms with Crippen molar-refractivity contribution in [3.05, 3.63) is 34.8 Å². The molecule has 0 aromatic heterocycles. The van der Waals surface area contributed by atoms with Gasteiger partial charge >= 0.3 is 12.2 Å². The molecule has 3 aliphatic rings. The quantitative estimate of drug-likeness (QED) is 0.615. The lowest BCUT2D eigenvalue weighted by Crippen LogP contribution is -3.18. The van der Waals surface area contributed by atoms with Crippen LogP contribution in [0.25, 0.3) is 0 Å². The van der Waals surface area contributed by atoms with Gasteiger partial charge in [-0.05, 0) is 12.1 Å². The lowest BCUT2D eigenvalue weighted by Gasteiger charge is -2.53. The summed E-state index contributed by atoms with van der Waals surface area (Å²) in [5, 5.41) is 12.2. The van der Waals surface area contributed by atoms with Gasteiger partial charge in [-0.3, -0.25) is 0 Å². The second-order valence-electron chi connectivity index (χ2n) is 7.92. The van der Waals surface area contributed by atoms with Crippen LogP contribution in [0.15, 0.2) is 18.2 Å². The lowest BCUT2D eigenvalue weighted by molar-refractivity contribution is -0.897. The largest absolute Gasteiger partial charge is 0.634 e. The van der Waals surface area contributed by atoms with Crippen molar-refractivity contribution in [2.24, 2.45) is 5.92 Å². The SMILES string of the molecule is O=C(N1CC(COc2ccc(C(F)(F)F)c(F)c2)C1)N1CC2(CCC[NH+]2[O-])C1. The van der Waals surface area contributed by atoms with E-state index in [-0.39, 0.29) is 34.9 Å². The highest BCUT2D eigenvalue weighted by Crippen LogP contribution is 2.33. The van der Waals surface area contributed by atoms with Crippen LogP contribution in [-0.4, -0.2) is 60.7 Å². The van der Waals surface area contributed by atoms with Gasteiger partial charge in [0.2, 0.25) is 0 Å². The van der Waals surface area contributed by atoms with Crippen LogP contribution < -0.4 is 9.80 Å². The van der Waals surface area contributed by atoms with Gasteiger partial charge in [0.1, 0.15) is 17.1 Å². The molecular formula is C18H21F4N3O3. The van der Waals surface area contributed by atoms with E-state index in [0.29, 0.717) is 38.8 Å². The summed E-state index contributed by atoms with van der Waals surface area (Å²) in [7, 11) is 0. The number of rotatable bonds is 3. The highest BCUT2D eigenvalue weighted by Gasteiger charge is 2.54. The number of halogens is 4. The number of hydroxylamine groups is 2. The summed E-state index contributed by atoms with van der Waals surface area (Å²) >= 11 is 0. The molecule has 3 heterocycles. The fraction of sp³-hybridized carbons (Fsp3) is 0.611. The zero-order valence-corrected chi connectivity index (χ0v) is 15.1. The Morgan fingerprint density at radius 2 is 2.00 bits per heavy atom. The average Bonchev–Trinajstić information content (AvgIpc) is 2.92. The number of alkyl halides is 3. The minimum Gasteiger partial charge on any atom is -0.634 e. The Labute approximate surface area is 159 Å². The molecule has 0 radical (unpaired) electrons. The minimum atomic E-state index is -4.74.